The lowest BCUT2D eigenvalue weighted by molar-refractivity contribution is 0.746. The molecule has 2 N–H and O–H groups in total. The Hall–Kier alpha value is -1.04. The first-order chi connectivity index (χ1) is 8.15. The Morgan fingerprint density at radius 3 is 2.59 bits per heavy atom. The summed E-state index contributed by atoms with van der Waals surface area (Å²) in [4.78, 5) is 15.0. The third-order valence-corrected chi connectivity index (χ3v) is 3.83. The lowest BCUT2D eigenvalue weighted by Crippen LogP contribution is -2.21. The molecule has 0 aromatic carbocycles. The molecule has 2 heterocycles. The Kier molecular flexibility index (Phi) is 4.04. The van der Waals surface area contributed by atoms with Gasteiger partial charge in [0.15, 0.2) is 5.16 Å². The Morgan fingerprint density at radius 1 is 1.24 bits per heavy atom. The molecule has 0 bridgehead atoms. The van der Waals surface area contributed by atoms with E-state index >= 15 is 0 Å². The lowest BCUT2D eigenvalue weighted by atomic mass is 10.3. The van der Waals surface area contributed by atoms with Crippen molar-refractivity contribution >= 4 is 23.7 Å². The first-order valence-corrected chi connectivity index (χ1v) is 7.03. The number of nitrogen functional groups attached to an aromatic ring is 1. The van der Waals surface area contributed by atoms with Crippen molar-refractivity contribution in [3.63, 3.8) is 0 Å². The van der Waals surface area contributed by atoms with Crippen LogP contribution in [0.15, 0.2) is 5.16 Å². The molecule has 0 atom stereocenters. The molecule has 0 amide bonds. The van der Waals surface area contributed by atoms with Crippen LogP contribution in [-0.2, 0) is 0 Å². The zero-order chi connectivity index (χ0) is 12.3. The Labute approximate surface area is 106 Å². The summed E-state index contributed by atoms with van der Waals surface area (Å²) in [6.07, 6.45) is 2.42. The second-order valence-corrected chi connectivity index (χ2v) is 5.66. The van der Waals surface area contributed by atoms with Gasteiger partial charge >= 0.3 is 0 Å². The van der Waals surface area contributed by atoms with E-state index in [0.717, 1.165) is 29.9 Å². The molecule has 0 aliphatic carbocycles. The normalized spacial score (nSPS) is 15.8. The van der Waals surface area contributed by atoms with E-state index in [1.54, 1.807) is 11.8 Å². The first kappa shape index (κ1) is 12.4. The summed E-state index contributed by atoms with van der Waals surface area (Å²) in [5, 5.41) is 0.744. The van der Waals surface area contributed by atoms with E-state index in [2.05, 4.69) is 33.7 Å². The van der Waals surface area contributed by atoms with Gasteiger partial charge in [-0.3, -0.25) is 0 Å². The number of nitrogens with two attached hydrogens (primary N) is 1. The molecule has 94 valence electrons. The SMILES string of the molecule is CC(C)CSc1nc(N)nc(N2CCCC2)n1. The van der Waals surface area contributed by atoms with Gasteiger partial charge in [-0.1, -0.05) is 25.6 Å². The van der Waals surface area contributed by atoms with Gasteiger partial charge in [-0.05, 0) is 18.8 Å². The highest BCUT2D eigenvalue weighted by Crippen LogP contribution is 2.21. The highest BCUT2D eigenvalue weighted by Gasteiger charge is 2.16. The minimum absolute atomic E-state index is 0.327. The largest absolute Gasteiger partial charge is 0.368 e. The van der Waals surface area contributed by atoms with Gasteiger partial charge in [0, 0.05) is 18.8 Å². The van der Waals surface area contributed by atoms with Crippen LogP contribution in [0.1, 0.15) is 26.7 Å². The van der Waals surface area contributed by atoms with Crippen molar-refractivity contribution in [2.75, 3.05) is 29.5 Å². The van der Waals surface area contributed by atoms with Gasteiger partial charge in [0.2, 0.25) is 11.9 Å². The third kappa shape index (κ3) is 3.46. The first-order valence-electron chi connectivity index (χ1n) is 6.04. The smallest absolute Gasteiger partial charge is 0.231 e. The molecule has 1 fully saturated rings. The van der Waals surface area contributed by atoms with E-state index < -0.39 is 0 Å². The van der Waals surface area contributed by atoms with Crippen molar-refractivity contribution in [2.24, 2.45) is 5.92 Å². The van der Waals surface area contributed by atoms with Crippen LogP contribution in [-0.4, -0.2) is 33.8 Å². The lowest BCUT2D eigenvalue weighted by Gasteiger charge is -2.15. The van der Waals surface area contributed by atoms with Crippen molar-refractivity contribution in [3.05, 3.63) is 0 Å². The molecule has 0 radical (unpaired) electrons. The van der Waals surface area contributed by atoms with Crippen molar-refractivity contribution < 1.29 is 0 Å². The number of aromatic nitrogens is 3. The molecular formula is C11H19N5S. The van der Waals surface area contributed by atoms with Crippen LogP contribution in [0.25, 0.3) is 0 Å². The molecule has 1 aliphatic heterocycles. The second-order valence-electron chi connectivity index (χ2n) is 4.68. The summed E-state index contributed by atoms with van der Waals surface area (Å²) in [5.74, 6) is 2.69. The summed E-state index contributed by atoms with van der Waals surface area (Å²) < 4.78 is 0. The number of hydrogen-bond acceptors (Lipinski definition) is 6. The molecule has 0 unspecified atom stereocenters. The van der Waals surface area contributed by atoms with E-state index in [4.69, 9.17) is 5.73 Å². The minimum Gasteiger partial charge on any atom is -0.368 e. The molecule has 5 nitrogen and oxygen atoms in total. The van der Waals surface area contributed by atoms with Gasteiger partial charge in [0.05, 0.1) is 0 Å². The van der Waals surface area contributed by atoms with Crippen LogP contribution in [0, 0.1) is 5.92 Å². The van der Waals surface area contributed by atoms with Gasteiger partial charge in [0.1, 0.15) is 0 Å². The number of thioether (sulfide) groups is 1. The summed E-state index contributed by atoms with van der Waals surface area (Å²) in [6.45, 7) is 6.41. The van der Waals surface area contributed by atoms with E-state index in [-0.39, 0.29) is 0 Å². The molecule has 2 rings (SSSR count). The topological polar surface area (TPSA) is 67.9 Å². The molecule has 0 spiro atoms. The fourth-order valence-electron chi connectivity index (χ4n) is 1.73. The van der Waals surface area contributed by atoms with Crippen LogP contribution < -0.4 is 10.6 Å². The number of anilines is 2. The molecule has 0 saturated carbocycles. The predicted molar refractivity (Wildman–Crippen MR) is 71.2 cm³/mol. The average Bonchev–Trinajstić information content (AvgIpc) is 2.79. The average molecular weight is 253 g/mol. The summed E-state index contributed by atoms with van der Waals surface area (Å²) in [5.41, 5.74) is 5.73. The maximum atomic E-state index is 5.73. The standard InChI is InChI=1S/C11H19N5S/c1-8(2)7-17-11-14-9(12)13-10(15-11)16-5-3-4-6-16/h8H,3-7H2,1-2H3,(H2,12,13,14,15). The van der Waals surface area contributed by atoms with Gasteiger partial charge in [-0.25, -0.2) is 0 Å². The van der Waals surface area contributed by atoms with E-state index in [1.165, 1.54) is 12.8 Å². The number of rotatable bonds is 4. The molecule has 1 saturated heterocycles. The quantitative estimate of drug-likeness (QED) is 0.825. The van der Waals surface area contributed by atoms with E-state index in [1.807, 2.05) is 0 Å². The Balaban J connectivity index is 2.11. The van der Waals surface area contributed by atoms with E-state index in [9.17, 15) is 0 Å². The highest BCUT2D eigenvalue weighted by molar-refractivity contribution is 7.99. The van der Waals surface area contributed by atoms with Crippen LogP contribution in [0.3, 0.4) is 0 Å². The van der Waals surface area contributed by atoms with Crippen molar-refractivity contribution in [1.82, 2.24) is 15.0 Å². The summed E-state index contributed by atoms with van der Waals surface area (Å²) in [6, 6.07) is 0. The maximum absolute atomic E-state index is 5.73. The van der Waals surface area contributed by atoms with Crippen molar-refractivity contribution in [3.8, 4) is 0 Å². The maximum Gasteiger partial charge on any atom is 0.231 e. The van der Waals surface area contributed by atoms with Gasteiger partial charge in [0.25, 0.3) is 0 Å². The molecule has 1 aromatic heterocycles. The second kappa shape index (κ2) is 5.53. The van der Waals surface area contributed by atoms with Crippen LogP contribution >= 0.6 is 11.8 Å². The van der Waals surface area contributed by atoms with Gasteiger partial charge in [-0.15, -0.1) is 0 Å². The number of nitrogens with zero attached hydrogens (tertiary/aromatic N) is 4. The van der Waals surface area contributed by atoms with Crippen LogP contribution in [0.4, 0.5) is 11.9 Å². The fourth-order valence-corrected chi connectivity index (χ4v) is 2.51. The zero-order valence-corrected chi connectivity index (χ0v) is 11.2. The highest BCUT2D eigenvalue weighted by atomic mass is 32.2. The molecule has 1 aromatic rings. The van der Waals surface area contributed by atoms with Crippen LogP contribution in [0.5, 0.6) is 0 Å². The summed E-state index contributed by atoms with van der Waals surface area (Å²) >= 11 is 1.65. The molecule has 6 heteroatoms. The molecule has 17 heavy (non-hydrogen) atoms. The third-order valence-electron chi connectivity index (χ3n) is 2.56. The predicted octanol–water partition coefficient (Wildman–Crippen LogP) is 1.80. The van der Waals surface area contributed by atoms with E-state index in [0.29, 0.717) is 11.9 Å². The van der Waals surface area contributed by atoms with Crippen molar-refractivity contribution in [2.45, 2.75) is 31.8 Å². The van der Waals surface area contributed by atoms with Crippen molar-refractivity contribution in [1.29, 1.82) is 0 Å². The molecular weight excluding hydrogens is 234 g/mol. The van der Waals surface area contributed by atoms with Crippen LogP contribution in [0.2, 0.25) is 0 Å². The zero-order valence-electron chi connectivity index (χ0n) is 10.4. The van der Waals surface area contributed by atoms with Gasteiger partial charge < -0.3 is 10.6 Å². The fraction of sp³-hybridized carbons (Fsp3) is 0.727. The molecule has 1 aliphatic rings. The Morgan fingerprint density at radius 2 is 1.94 bits per heavy atom. The minimum atomic E-state index is 0.327. The van der Waals surface area contributed by atoms with Gasteiger partial charge in [-0.2, -0.15) is 15.0 Å². The monoisotopic (exact) mass is 253 g/mol. The number of hydrogen-bond donors (Lipinski definition) is 1. The Bertz CT molecular complexity index is 376. The summed E-state index contributed by atoms with van der Waals surface area (Å²) in [7, 11) is 0.